The predicted molar refractivity (Wildman–Crippen MR) is 83.8 cm³/mol. The Kier molecular flexibility index (Phi) is 6.40. The molecule has 0 unspecified atom stereocenters. The third-order valence-corrected chi connectivity index (χ3v) is 4.09. The van der Waals surface area contributed by atoms with Gasteiger partial charge in [-0.25, -0.2) is 0 Å². The van der Waals surface area contributed by atoms with Gasteiger partial charge in [0.05, 0.1) is 0 Å². The number of hydrogen-bond acceptors (Lipinski definition) is 1. The van der Waals surface area contributed by atoms with Crippen molar-refractivity contribution in [3.8, 4) is 0 Å². The van der Waals surface area contributed by atoms with Crippen LogP contribution in [0.4, 0.5) is 0 Å². The fourth-order valence-electron chi connectivity index (χ4n) is 3.07. The van der Waals surface area contributed by atoms with Gasteiger partial charge in [-0.05, 0) is 48.7 Å². The largest absolute Gasteiger partial charge is 0.362 e. The molecule has 0 aliphatic heterocycles. The van der Waals surface area contributed by atoms with E-state index in [1.54, 1.807) is 0 Å². The Bertz CT molecular complexity index is 255. The minimum absolute atomic E-state index is 0.498. The Hall–Kier alpha value is -0.310. The second-order valence-electron chi connectivity index (χ2n) is 6.76. The molecule has 3 heteroatoms. The summed E-state index contributed by atoms with van der Waals surface area (Å²) in [5, 5.41) is 7.58. The summed E-state index contributed by atoms with van der Waals surface area (Å²) in [6.07, 6.45) is 6.84. The first-order valence-electron chi connectivity index (χ1n) is 7.45. The van der Waals surface area contributed by atoms with E-state index in [9.17, 15) is 0 Å². The lowest BCUT2D eigenvalue weighted by atomic mass is 9.78. The zero-order valence-corrected chi connectivity index (χ0v) is 13.3. The quantitative estimate of drug-likeness (QED) is 0.720. The molecular formula is C15H30N2S. The highest BCUT2D eigenvalue weighted by Crippen LogP contribution is 2.42. The molecule has 0 heterocycles. The molecule has 0 aromatic heterocycles. The molecule has 0 saturated heterocycles. The zero-order valence-electron chi connectivity index (χ0n) is 12.5. The summed E-state index contributed by atoms with van der Waals surface area (Å²) in [6.45, 7) is 11.1. The smallest absolute Gasteiger partial charge is 0.166 e. The highest BCUT2D eigenvalue weighted by molar-refractivity contribution is 7.80. The van der Waals surface area contributed by atoms with Crippen LogP contribution in [0.1, 0.15) is 59.8 Å². The Morgan fingerprint density at radius 2 is 1.67 bits per heavy atom. The van der Waals surface area contributed by atoms with E-state index in [0.717, 1.165) is 24.1 Å². The summed E-state index contributed by atoms with van der Waals surface area (Å²) in [4.78, 5) is 0. The second kappa shape index (κ2) is 7.32. The first-order valence-corrected chi connectivity index (χ1v) is 7.86. The minimum Gasteiger partial charge on any atom is -0.362 e. The number of rotatable bonds is 6. The molecule has 2 nitrogen and oxygen atoms in total. The molecule has 0 aromatic carbocycles. The molecule has 0 spiro atoms. The molecule has 0 bridgehead atoms. The lowest BCUT2D eigenvalue weighted by Gasteiger charge is -2.31. The molecule has 18 heavy (non-hydrogen) atoms. The van der Waals surface area contributed by atoms with Gasteiger partial charge in [-0.2, -0.15) is 0 Å². The summed E-state index contributed by atoms with van der Waals surface area (Å²) >= 11 is 5.35. The van der Waals surface area contributed by atoms with Gasteiger partial charge >= 0.3 is 0 Å². The maximum atomic E-state index is 5.35. The van der Waals surface area contributed by atoms with Crippen molar-refractivity contribution < 1.29 is 0 Å². The third-order valence-electron chi connectivity index (χ3n) is 3.80. The van der Waals surface area contributed by atoms with Crippen molar-refractivity contribution in [2.75, 3.05) is 13.1 Å². The van der Waals surface area contributed by atoms with Crippen molar-refractivity contribution >= 4 is 17.3 Å². The average molecular weight is 270 g/mol. The topological polar surface area (TPSA) is 24.1 Å². The molecule has 1 rings (SSSR count). The minimum atomic E-state index is 0.498. The maximum absolute atomic E-state index is 5.35. The number of hydrogen-bond donors (Lipinski definition) is 2. The van der Waals surface area contributed by atoms with Crippen LogP contribution in [-0.4, -0.2) is 18.2 Å². The van der Waals surface area contributed by atoms with E-state index in [1.165, 1.54) is 32.1 Å². The lowest BCUT2D eigenvalue weighted by Crippen LogP contribution is -2.43. The van der Waals surface area contributed by atoms with Crippen molar-refractivity contribution in [1.29, 1.82) is 0 Å². The van der Waals surface area contributed by atoms with Gasteiger partial charge in [-0.15, -0.1) is 0 Å². The normalized spacial score (nSPS) is 18.3. The Labute approximate surface area is 118 Å². The van der Waals surface area contributed by atoms with Gasteiger partial charge in [-0.1, -0.05) is 40.5 Å². The average Bonchev–Trinajstić information content (AvgIpc) is 2.71. The van der Waals surface area contributed by atoms with Crippen LogP contribution in [0.5, 0.6) is 0 Å². The molecule has 2 N–H and O–H groups in total. The van der Waals surface area contributed by atoms with Crippen LogP contribution in [0, 0.1) is 17.3 Å². The van der Waals surface area contributed by atoms with E-state index in [-0.39, 0.29) is 0 Å². The van der Waals surface area contributed by atoms with E-state index >= 15 is 0 Å². The van der Waals surface area contributed by atoms with Crippen molar-refractivity contribution in [1.82, 2.24) is 10.6 Å². The van der Waals surface area contributed by atoms with Gasteiger partial charge in [0, 0.05) is 13.1 Å². The van der Waals surface area contributed by atoms with E-state index in [0.29, 0.717) is 11.3 Å². The molecule has 1 saturated carbocycles. The van der Waals surface area contributed by atoms with E-state index < -0.39 is 0 Å². The summed E-state index contributed by atoms with van der Waals surface area (Å²) in [5.41, 5.74) is 0.498. The standard InChI is InChI=1S/C15H30N2S/c1-12(2)9-15(7-5-6-8-15)11-17-14(18)16-10-13(3)4/h12-13H,5-11H2,1-4H3,(H2,16,17,18). The van der Waals surface area contributed by atoms with Gasteiger partial charge in [0.25, 0.3) is 0 Å². The fourth-order valence-corrected chi connectivity index (χ4v) is 3.23. The van der Waals surface area contributed by atoms with E-state index in [4.69, 9.17) is 12.2 Å². The van der Waals surface area contributed by atoms with Gasteiger partial charge in [-0.3, -0.25) is 0 Å². The van der Waals surface area contributed by atoms with Crippen molar-refractivity contribution in [2.24, 2.45) is 17.3 Å². The number of nitrogens with one attached hydrogen (secondary N) is 2. The molecule has 0 atom stereocenters. The van der Waals surface area contributed by atoms with Gasteiger partial charge in [0.2, 0.25) is 0 Å². The van der Waals surface area contributed by atoms with Crippen LogP contribution in [0.25, 0.3) is 0 Å². The van der Waals surface area contributed by atoms with Crippen LogP contribution < -0.4 is 10.6 Å². The van der Waals surface area contributed by atoms with Gasteiger partial charge in [0.15, 0.2) is 5.11 Å². The van der Waals surface area contributed by atoms with Crippen LogP contribution in [-0.2, 0) is 0 Å². The van der Waals surface area contributed by atoms with Crippen molar-refractivity contribution in [2.45, 2.75) is 59.8 Å². The van der Waals surface area contributed by atoms with Crippen LogP contribution >= 0.6 is 12.2 Å². The molecular weight excluding hydrogens is 240 g/mol. The van der Waals surface area contributed by atoms with E-state index in [1.807, 2.05) is 0 Å². The van der Waals surface area contributed by atoms with Crippen molar-refractivity contribution in [3.05, 3.63) is 0 Å². The Balaban J connectivity index is 2.36. The predicted octanol–water partition coefficient (Wildman–Crippen LogP) is 3.71. The Morgan fingerprint density at radius 1 is 1.06 bits per heavy atom. The third kappa shape index (κ3) is 5.55. The molecule has 1 fully saturated rings. The lowest BCUT2D eigenvalue weighted by molar-refractivity contribution is 0.235. The zero-order chi connectivity index (χ0) is 13.6. The summed E-state index contributed by atoms with van der Waals surface area (Å²) in [6, 6.07) is 0. The fraction of sp³-hybridized carbons (Fsp3) is 0.933. The first-order chi connectivity index (χ1) is 8.43. The summed E-state index contributed by atoms with van der Waals surface area (Å²) in [5.74, 6) is 1.42. The maximum Gasteiger partial charge on any atom is 0.166 e. The molecule has 1 aliphatic rings. The van der Waals surface area contributed by atoms with Crippen LogP contribution in [0.15, 0.2) is 0 Å². The van der Waals surface area contributed by atoms with E-state index in [2.05, 4.69) is 38.3 Å². The molecule has 1 aliphatic carbocycles. The van der Waals surface area contributed by atoms with Crippen molar-refractivity contribution in [3.63, 3.8) is 0 Å². The molecule has 0 aromatic rings. The molecule has 0 amide bonds. The first kappa shape index (κ1) is 15.7. The Morgan fingerprint density at radius 3 is 2.17 bits per heavy atom. The summed E-state index contributed by atoms with van der Waals surface area (Å²) < 4.78 is 0. The number of thiocarbonyl (C=S) groups is 1. The van der Waals surface area contributed by atoms with Gasteiger partial charge in [0.1, 0.15) is 0 Å². The highest BCUT2D eigenvalue weighted by Gasteiger charge is 2.34. The summed E-state index contributed by atoms with van der Waals surface area (Å²) in [7, 11) is 0. The van der Waals surface area contributed by atoms with Crippen LogP contribution in [0.3, 0.4) is 0 Å². The second-order valence-corrected chi connectivity index (χ2v) is 7.17. The van der Waals surface area contributed by atoms with Gasteiger partial charge < -0.3 is 10.6 Å². The molecule has 0 radical (unpaired) electrons. The molecule has 106 valence electrons. The highest BCUT2D eigenvalue weighted by atomic mass is 32.1. The van der Waals surface area contributed by atoms with Crippen LogP contribution in [0.2, 0.25) is 0 Å². The SMILES string of the molecule is CC(C)CNC(=S)NCC1(CC(C)C)CCCC1. The monoisotopic (exact) mass is 270 g/mol.